The minimum absolute atomic E-state index is 0.0567. The first-order valence-electron chi connectivity index (χ1n) is 13.0. The van der Waals surface area contributed by atoms with E-state index < -0.39 is 21.1 Å². The molecule has 2 aromatic rings. The van der Waals surface area contributed by atoms with E-state index in [4.69, 9.17) is 5.73 Å². The van der Waals surface area contributed by atoms with Gasteiger partial charge in [-0.15, -0.1) is 0 Å². The Morgan fingerprint density at radius 2 is 1.73 bits per heavy atom. The number of hydrogen-bond acceptors (Lipinski definition) is 6. The molecule has 8 heteroatoms. The van der Waals surface area contributed by atoms with Crippen molar-refractivity contribution in [2.75, 3.05) is 19.8 Å². The van der Waals surface area contributed by atoms with Gasteiger partial charge in [-0.3, -0.25) is 4.79 Å². The molecule has 2 N–H and O–H groups in total. The van der Waals surface area contributed by atoms with Gasteiger partial charge in [-0.2, -0.15) is 0 Å². The predicted molar refractivity (Wildman–Crippen MR) is 147 cm³/mol. The van der Waals surface area contributed by atoms with E-state index in [-0.39, 0.29) is 12.3 Å². The standard InChI is InChI=1S/C24H32N2O.C5H10O4S/c1-18-8-6-7-11-21(18)23-16-20(12-13-22(23)24(25)27)17-26(2)15-14-19-9-4-3-5-10-19;1-3-4(5(6)7)10(2,8)9/h6-8,11-13,16,19H,3-5,9-10,14-15,17H2,1-2H3,(H2,25,27);4H,3H2,1-2H3,(H,6,7)/p-1. The van der Waals surface area contributed by atoms with Gasteiger partial charge < -0.3 is 20.5 Å². The molecule has 0 aliphatic heterocycles. The van der Waals surface area contributed by atoms with Crippen LogP contribution in [0.2, 0.25) is 0 Å². The Labute approximate surface area is 222 Å². The van der Waals surface area contributed by atoms with E-state index in [0.29, 0.717) is 5.56 Å². The van der Waals surface area contributed by atoms with Gasteiger partial charge in [0.05, 0.1) is 5.97 Å². The highest BCUT2D eigenvalue weighted by Crippen LogP contribution is 2.29. The van der Waals surface area contributed by atoms with Crippen LogP contribution >= 0.6 is 0 Å². The summed E-state index contributed by atoms with van der Waals surface area (Å²) in [5, 5.41) is 8.73. The molecule has 1 atom stereocenters. The zero-order valence-electron chi connectivity index (χ0n) is 22.5. The van der Waals surface area contributed by atoms with E-state index in [1.54, 1.807) is 0 Å². The highest BCUT2D eigenvalue weighted by molar-refractivity contribution is 7.92. The van der Waals surface area contributed by atoms with E-state index in [1.807, 2.05) is 24.3 Å². The number of carbonyl (C=O) groups is 2. The first-order valence-corrected chi connectivity index (χ1v) is 15.0. The lowest BCUT2D eigenvalue weighted by Crippen LogP contribution is -2.40. The molecular weight excluding hydrogens is 488 g/mol. The molecular formula is C29H41N2O5S-. The molecule has 1 unspecified atom stereocenters. The van der Waals surface area contributed by atoms with Crippen LogP contribution in [-0.4, -0.2) is 50.3 Å². The fraction of sp³-hybridized carbons (Fsp3) is 0.517. The number of aliphatic carboxylic acids is 1. The van der Waals surface area contributed by atoms with Gasteiger partial charge in [0.25, 0.3) is 0 Å². The molecule has 1 saturated carbocycles. The fourth-order valence-electron chi connectivity index (χ4n) is 4.92. The van der Waals surface area contributed by atoms with Crippen molar-refractivity contribution in [3.8, 4) is 11.1 Å². The first-order chi connectivity index (χ1) is 17.4. The van der Waals surface area contributed by atoms with Gasteiger partial charge in [0.1, 0.15) is 5.25 Å². The van der Waals surface area contributed by atoms with Crippen LogP contribution in [0.3, 0.4) is 0 Å². The minimum atomic E-state index is -3.48. The van der Waals surface area contributed by atoms with Crippen molar-refractivity contribution in [2.45, 2.75) is 70.6 Å². The Bertz CT molecular complexity index is 1160. The molecule has 0 radical (unpaired) electrons. The minimum Gasteiger partial charge on any atom is -0.549 e. The summed E-state index contributed by atoms with van der Waals surface area (Å²) in [6.45, 7) is 5.58. The molecule has 37 heavy (non-hydrogen) atoms. The van der Waals surface area contributed by atoms with Crippen LogP contribution in [0.15, 0.2) is 42.5 Å². The van der Waals surface area contributed by atoms with Crippen molar-refractivity contribution in [3.63, 3.8) is 0 Å². The van der Waals surface area contributed by atoms with Crippen LogP contribution in [-0.2, 0) is 21.2 Å². The summed E-state index contributed by atoms with van der Waals surface area (Å²) in [5.41, 5.74) is 10.6. The molecule has 0 saturated heterocycles. The van der Waals surface area contributed by atoms with E-state index in [0.717, 1.165) is 42.0 Å². The number of rotatable bonds is 10. The average molecular weight is 530 g/mol. The molecule has 1 aliphatic carbocycles. The van der Waals surface area contributed by atoms with Gasteiger partial charge >= 0.3 is 0 Å². The second-order valence-corrected chi connectivity index (χ2v) is 12.4. The van der Waals surface area contributed by atoms with Crippen molar-refractivity contribution in [2.24, 2.45) is 11.7 Å². The lowest BCUT2D eigenvalue weighted by Gasteiger charge is -2.25. The lowest BCUT2D eigenvalue weighted by atomic mass is 9.87. The van der Waals surface area contributed by atoms with Crippen LogP contribution in [0.1, 0.15) is 73.4 Å². The number of amides is 1. The van der Waals surface area contributed by atoms with Gasteiger partial charge in [0, 0.05) is 18.4 Å². The van der Waals surface area contributed by atoms with Crippen molar-refractivity contribution < 1.29 is 23.1 Å². The molecule has 2 aromatic carbocycles. The highest BCUT2D eigenvalue weighted by atomic mass is 32.2. The third kappa shape index (κ3) is 9.59. The smallest absolute Gasteiger partial charge is 0.249 e. The molecule has 1 amide bonds. The van der Waals surface area contributed by atoms with E-state index >= 15 is 0 Å². The van der Waals surface area contributed by atoms with Gasteiger partial charge in [0.15, 0.2) is 9.84 Å². The third-order valence-electron chi connectivity index (χ3n) is 7.03. The van der Waals surface area contributed by atoms with Crippen LogP contribution in [0.5, 0.6) is 0 Å². The number of aryl methyl sites for hydroxylation is 1. The maximum absolute atomic E-state index is 11.9. The topological polar surface area (TPSA) is 121 Å². The fourth-order valence-corrected chi connectivity index (χ4v) is 5.87. The van der Waals surface area contributed by atoms with Crippen molar-refractivity contribution in [1.82, 2.24) is 4.90 Å². The Hall–Kier alpha value is -2.71. The van der Waals surface area contributed by atoms with Crippen molar-refractivity contribution in [3.05, 3.63) is 59.2 Å². The molecule has 1 fully saturated rings. The van der Waals surface area contributed by atoms with Crippen LogP contribution in [0, 0.1) is 12.8 Å². The summed E-state index contributed by atoms with van der Waals surface area (Å²) in [7, 11) is -1.28. The number of benzene rings is 2. The molecule has 0 heterocycles. The number of carboxylic acid groups (broad SMARTS) is 1. The Morgan fingerprint density at radius 3 is 2.24 bits per heavy atom. The van der Waals surface area contributed by atoms with Crippen LogP contribution in [0.4, 0.5) is 0 Å². The molecule has 0 aromatic heterocycles. The zero-order chi connectivity index (χ0) is 27.6. The SMILES string of the molecule is CCC(C(=O)[O-])S(C)(=O)=O.Cc1ccccc1-c1cc(CN(C)CCC2CCCCC2)ccc1C(N)=O. The summed E-state index contributed by atoms with van der Waals surface area (Å²) in [6.07, 6.45) is 9.27. The number of primary amides is 1. The van der Waals surface area contributed by atoms with Crippen molar-refractivity contribution >= 4 is 21.7 Å². The highest BCUT2D eigenvalue weighted by Gasteiger charge is 2.19. The summed E-state index contributed by atoms with van der Waals surface area (Å²) in [6, 6.07) is 14.2. The quantitative estimate of drug-likeness (QED) is 0.501. The number of carbonyl (C=O) groups excluding carboxylic acids is 2. The largest absolute Gasteiger partial charge is 0.549 e. The first kappa shape index (κ1) is 30.5. The Kier molecular flexibility index (Phi) is 11.8. The second-order valence-electron chi connectivity index (χ2n) is 10.1. The van der Waals surface area contributed by atoms with Gasteiger partial charge in [-0.05, 0) is 73.7 Å². The number of nitrogens with two attached hydrogens (primary N) is 1. The molecule has 7 nitrogen and oxygen atoms in total. The van der Waals surface area contributed by atoms with Gasteiger partial charge in [0.2, 0.25) is 5.91 Å². The normalized spacial score (nSPS) is 15.1. The summed E-state index contributed by atoms with van der Waals surface area (Å²) >= 11 is 0. The van der Waals surface area contributed by atoms with Gasteiger partial charge in [-0.1, -0.05) is 69.4 Å². The number of nitrogens with zero attached hydrogens (tertiary/aromatic N) is 1. The monoisotopic (exact) mass is 529 g/mol. The number of hydrogen-bond donors (Lipinski definition) is 1. The number of carboxylic acids is 1. The Balaban J connectivity index is 0.000000410. The zero-order valence-corrected chi connectivity index (χ0v) is 23.4. The molecule has 3 rings (SSSR count). The van der Waals surface area contributed by atoms with Crippen molar-refractivity contribution in [1.29, 1.82) is 0 Å². The van der Waals surface area contributed by atoms with E-state index in [9.17, 15) is 23.1 Å². The van der Waals surface area contributed by atoms with E-state index in [1.165, 1.54) is 51.0 Å². The molecule has 0 bridgehead atoms. The lowest BCUT2D eigenvalue weighted by molar-refractivity contribution is -0.305. The second kappa shape index (κ2) is 14.3. The third-order valence-corrected chi connectivity index (χ3v) is 8.59. The van der Waals surface area contributed by atoms with Crippen LogP contribution in [0.25, 0.3) is 11.1 Å². The Morgan fingerprint density at radius 1 is 1.08 bits per heavy atom. The molecule has 0 spiro atoms. The molecule has 204 valence electrons. The maximum atomic E-state index is 11.9. The van der Waals surface area contributed by atoms with E-state index in [2.05, 4.69) is 37.1 Å². The summed E-state index contributed by atoms with van der Waals surface area (Å²) in [4.78, 5) is 24.4. The average Bonchev–Trinajstić information content (AvgIpc) is 2.83. The summed E-state index contributed by atoms with van der Waals surface area (Å²) < 4.78 is 21.2. The van der Waals surface area contributed by atoms with Gasteiger partial charge in [-0.25, -0.2) is 8.42 Å². The van der Waals surface area contributed by atoms with Crippen LogP contribution < -0.4 is 10.8 Å². The molecule has 1 aliphatic rings. The number of sulfone groups is 1. The predicted octanol–water partition coefficient (Wildman–Crippen LogP) is 3.72. The maximum Gasteiger partial charge on any atom is 0.249 e. The summed E-state index contributed by atoms with van der Waals surface area (Å²) in [5.74, 6) is -0.989.